The maximum absolute atomic E-state index is 13.1. The van der Waals surface area contributed by atoms with Gasteiger partial charge in [-0.2, -0.15) is 0 Å². The molecule has 92 valence electrons. The van der Waals surface area contributed by atoms with Crippen molar-refractivity contribution in [2.75, 3.05) is 12.3 Å². The van der Waals surface area contributed by atoms with Crippen molar-refractivity contribution in [2.24, 2.45) is 5.11 Å². The van der Waals surface area contributed by atoms with Gasteiger partial charge in [-0.3, -0.25) is 0 Å². The summed E-state index contributed by atoms with van der Waals surface area (Å²) in [4.78, 5) is 13.3. The number of azide groups is 1. The van der Waals surface area contributed by atoms with Crippen molar-refractivity contribution in [2.45, 2.75) is 6.42 Å². The molecule has 18 heavy (non-hydrogen) atoms. The largest absolute Gasteiger partial charge is 0.478 e. The first kappa shape index (κ1) is 13.4. The van der Waals surface area contributed by atoms with E-state index < -0.39 is 11.8 Å². The molecule has 0 saturated carbocycles. The van der Waals surface area contributed by atoms with Gasteiger partial charge in [-0.1, -0.05) is 17.0 Å². The number of anilines is 1. The zero-order valence-electron chi connectivity index (χ0n) is 9.22. The molecule has 0 radical (unpaired) electrons. The van der Waals surface area contributed by atoms with Crippen molar-refractivity contribution in [1.82, 2.24) is 0 Å². The monoisotopic (exact) mass is 248 g/mol. The lowest BCUT2D eigenvalue weighted by atomic mass is 10.1. The Labute approximate surface area is 102 Å². The van der Waals surface area contributed by atoms with Crippen LogP contribution in [0.2, 0.25) is 0 Å². The Morgan fingerprint density at radius 3 is 2.94 bits per heavy atom. The Balaban J connectivity index is 3.02. The van der Waals surface area contributed by atoms with Crippen LogP contribution >= 0.6 is 0 Å². The van der Waals surface area contributed by atoms with Crippen LogP contribution < -0.4 is 5.73 Å². The molecule has 7 heteroatoms. The standard InChI is InChI=1S/C11H9FN4O2/c12-8-5-7(3-1-2-4-15-16-14)10(13)9(6-8)11(17)18/h5-6H,2,4,13H2,(H,17,18). The molecule has 0 aliphatic heterocycles. The van der Waals surface area contributed by atoms with E-state index in [0.717, 1.165) is 12.1 Å². The van der Waals surface area contributed by atoms with E-state index in [1.807, 2.05) is 0 Å². The summed E-state index contributed by atoms with van der Waals surface area (Å²) in [6.45, 7) is 0.185. The molecule has 1 aromatic rings. The molecule has 0 atom stereocenters. The molecule has 0 amide bonds. The van der Waals surface area contributed by atoms with Crippen LogP contribution in [0.1, 0.15) is 22.3 Å². The Kier molecular flexibility index (Phi) is 4.55. The van der Waals surface area contributed by atoms with Crippen molar-refractivity contribution in [3.63, 3.8) is 0 Å². The van der Waals surface area contributed by atoms with Crippen LogP contribution in [0.5, 0.6) is 0 Å². The summed E-state index contributed by atoms with van der Waals surface area (Å²) in [5.41, 5.74) is 13.3. The highest BCUT2D eigenvalue weighted by Gasteiger charge is 2.12. The van der Waals surface area contributed by atoms with Gasteiger partial charge in [0, 0.05) is 17.9 Å². The zero-order chi connectivity index (χ0) is 13.5. The Morgan fingerprint density at radius 2 is 2.33 bits per heavy atom. The van der Waals surface area contributed by atoms with E-state index >= 15 is 0 Å². The number of carbonyl (C=O) groups is 1. The number of nitrogens with zero attached hydrogens (tertiary/aromatic N) is 3. The molecular formula is C11H9FN4O2. The molecule has 0 spiro atoms. The Morgan fingerprint density at radius 1 is 1.61 bits per heavy atom. The second-order valence-electron chi connectivity index (χ2n) is 3.23. The normalized spacial score (nSPS) is 8.94. The molecule has 1 aromatic carbocycles. The highest BCUT2D eigenvalue weighted by atomic mass is 19.1. The minimum atomic E-state index is -1.32. The minimum absolute atomic E-state index is 0.0832. The van der Waals surface area contributed by atoms with Crippen LogP contribution in [0.3, 0.4) is 0 Å². The number of rotatable bonds is 3. The van der Waals surface area contributed by atoms with Crippen LogP contribution in [0.15, 0.2) is 17.2 Å². The van der Waals surface area contributed by atoms with Crippen molar-refractivity contribution >= 4 is 11.7 Å². The molecule has 0 bridgehead atoms. The van der Waals surface area contributed by atoms with Crippen molar-refractivity contribution in [3.05, 3.63) is 39.5 Å². The van der Waals surface area contributed by atoms with E-state index in [-0.39, 0.29) is 29.8 Å². The number of carboxylic acids is 1. The fraction of sp³-hybridized carbons (Fsp3) is 0.182. The number of nitrogens with two attached hydrogens (primary N) is 1. The average Bonchev–Trinajstić information content (AvgIpc) is 2.32. The van der Waals surface area contributed by atoms with E-state index in [0.29, 0.717) is 0 Å². The molecular weight excluding hydrogens is 239 g/mol. The first-order valence-electron chi connectivity index (χ1n) is 4.88. The van der Waals surface area contributed by atoms with E-state index in [1.165, 1.54) is 0 Å². The van der Waals surface area contributed by atoms with Gasteiger partial charge in [-0.05, 0) is 17.7 Å². The van der Waals surface area contributed by atoms with Gasteiger partial charge in [0.05, 0.1) is 16.8 Å². The first-order chi connectivity index (χ1) is 8.56. The molecule has 1 rings (SSSR count). The van der Waals surface area contributed by atoms with E-state index in [2.05, 4.69) is 21.9 Å². The Hall–Kier alpha value is -2.71. The van der Waals surface area contributed by atoms with E-state index in [4.69, 9.17) is 16.4 Å². The van der Waals surface area contributed by atoms with Gasteiger partial charge in [0.2, 0.25) is 0 Å². The maximum Gasteiger partial charge on any atom is 0.337 e. The van der Waals surface area contributed by atoms with Crippen molar-refractivity contribution < 1.29 is 14.3 Å². The molecule has 0 aliphatic carbocycles. The van der Waals surface area contributed by atoms with Gasteiger partial charge in [0.1, 0.15) is 5.82 Å². The molecule has 6 nitrogen and oxygen atoms in total. The number of hydrogen-bond acceptors (Lipinski definition) is 3. The number of carboxylic acid groups (broad SMARTS) is 1. The zero-order valence-corrected chi connectivity index (χ0v) is 9.22. The van der Waals surface area contributed by atoms with Gasteiger partial charge in [0.15, 0.2) is 0 Å². The van der Waals surface area contributed by atoms with Gasteiger partial charge >= 0.3 is 5.97 Å². The predicted octanol–water partition coefficient (Wildman–Crippen LogP) is 2.16. The second-order valence-corrected chi connectivity index (χ2v) is 3.23. The van der Waals surface area contributed by atoms with Crippen LogP contribution in [-0.2, 0) is 0 Å². The predicted molar refractivity (Wildman–Crippen MR) is 63.3 cm³/mol. The molecule has 0 aromatic heterocycles. The fourth-order valence-corrected chi connectivity index (χ4v) is 1.21. The molecule has 0 fully saturated rings. The lowest BCUT2D eigenvalue weighted by molar-refractivity contribution is 0.0697. The molecule has 0 heterocycles. The number of aromatic carboxylic acids is 1. The Bertz CT molecular complexity index is 583. The number of halogens is 1. The summed E-state index contributed by atoms with van der Waals surface area (Å²) in [5, 5.41) is 12.1. The third-order valence-electron chi connectivity index (χ3n) is 2.00. The smallest absolute Gasteiger partial charge is 0.337 e. The van der Waals surface area contributed by atoms with Gasteiger partial charge in [-0.15, -0.1) is 0 Å². The summed E-state index contributed by atoms with van der Waals surface area (Å²) < 4.78 is 13.1. The quantitative estimate of drug-likeness (QED) is 0.213. The summed E-state index contributed by atoms with van der Waals surface area (Å²) in [7, 11) is 0. The van der Waals surface area contributed by atoms with Crippen LogP contribution in [0.4, 0.5) is 10.1 Å². The third-order valence-corrected chi connectivity index (χ3v) is 2.00. The molecule has 0 unspecified atom stereocenters. The summed E-state index contributed by atoms with van der Waals surface area (Å²) in [6.07, 6.45) is 0.280. The number of benzene rings is 1. The summed E-state index contributed by atoms with van der Waals surface area (Å²) in [6, 6.07) is 1.89. The van der Waals surface area contributed by atoms with Gasteiger partial charge < -0.3 is 10.8 Å². The second kappa shape index (κ2) is 6.13. The van der Waals surface area contributed by atoms with Crippen molar-refractivity contribution in [1.29, 1.82) is 0 Å². The molecule has 0 aliphatic rings. The topological polar surface area (TPSA) is 112 Å². The molecule has 0 saturated heterocycles. The van der Waals surface area contributed by atoms with Gasteiger partial charge in [-0.25, -0.2) is 9.18 Å². The lowest BCUT2D eigenvalue weighted by Gasteiger charge is -2.03. The van der Waals surface area contributed by atoms with Crippen LogP contribution in [0.25, 0.3) is 10.4 Å². The fourth-order valence-electron chi connectivity index (χ4n) is 1.21. The van der Waals surface area contributed by atoms with E-state index in [9.17, 15) is 9.18 Å². The highest BCUT2D eigenvalue weighted by molar-refractivity contribution is 5.95. The highest BCUT2D eigenvalue weighted by Crippen LogP contribution is 2.19. The summed E-state index contributed by atoms with van der Waals surface area (Å²) >= 11 is 0. The van der Waals surface area contributed by atoms with Crippen LogP contribution in [0, 0.1) is 17.7 Å². The molecule has 3 N–H and O–H groups in total. The first-order valence-corrected chi connectivity index (χ1v) is 4.88. The van der Waals surface area contributed by atoms with E-state index in [1.54, 1.807) is 0 Å². The maximum atomic E-state index is 13.1. The third kappa shape index (κ3) is 3.40. The van der Waals surface area contributed by atoms with Crippen LogP contribution in [-0.4, -0.2) is 17.6 Å². The summed E-state index contributed by atoms with van der Waals surface area (Å²) in [5.74, 6) is 3.13. The number of hydrogen-bond donors (Lipinski definition) is 2. The number of nitrogen functional groups attached to an aromatic ring is 1. The average molecular weight is 248 g/mol. The minimum Gasteiger partial charge on any atom is -0.478 e. The van der Waals surface area contributed by atoms with Gasteiger partial charge in [0.25, 0.3) is 0 Å². The van der Waals surface area contributed by atoms with Crippen molar-refractivity contribution in [3.8, 4) is 11.8 Å². The SMILES string of the molecule is [N-]=[N+]=NCCC#Cc1cc(F)cc(C(=O)O)c1N. The lowest BCUT2D eigenvalue weighted by Crippen LogP contribution is -2.05.